The number of rotatable bonds is 6. The summed E-state index contributed by atoms with van der Waals surface area (Å²) in [6, 6.07) is 10.4. The number of furan rings is 1. The number of carbonyl (C=O) groups is 1. The largest absolute Gasteiger partial charge is 0.507 e. The number of anilines is 2. The number of carboxylic acids is 1. The summed E-state index contributed by atoms with van der Waals surface area (Å²) in [5.74, 6) is -2.06. The van der Waals surface area contributed by atoms with Crippen LogP contribution in [0.15, 0.2) is 52.9 Å². The Balaban J connectivity index is 1.74. The molecule has 2 aromatic heterocycles. The van der Waals surface area contributed by atoms with Crippen LogP contribution in [0.5, 0.6) is 5.75 Å². The number of hydrogen-bond acceptors (Lipinski definition) is 8. The van der Waals surface area contributed by atoms with Crippen LogP contribution in [0.1, 0.15) is 21.9 Å². The van der Waals surface area contributed by atoms with Crippen molar-refractivity contribution >= 4 is 46.4 Å². The van der Waals surface area contributed by atoms with Gasteiger partial charge in [0.2, 0.25) is 0 Å². The molecule has 2 aromatic carbocycles. The first-order chi connectivity index (χ1) is 15.3. The van der Waals surface area contributed by atoms with E-state index in [0.717, 1.165) is 0 Å². The average Bonchev–Trinajstić information content (AvgIpc) is 3.22. The molecule has 0 spiro atoms. The van der Waals surface area contributed by atoms with Crippen molar-refractivity contribution in [3.05, 3.63) is 81.6 Å². The number of fused-ring (bicyclic) bond motifs is 1. The van der Waals surface area contributed by atoms with Crippen molar-refractivity contribution < 1.29 is 28.7 Å². The third kappa shape index (κ3) is 4.21. The van der Waals surface area contributed by atoms with Gasteiger partial charge in [-0.1, -0.05) is 0 Å². The minimum atomic E-state index is -1.31. The number of benzene rings is 2. The van der Waals surface area contributed by atoms with Gasteiger partial charge in [0.05, 0.1) is 11.6 Å². The molecule has 160 valence electrons. The first kappa shape index (κ1) is 20.5. The van der Waals surface area contributed by atoms with E-state index >= 15 is 0 Å². The normalized spacial score (nSPS) is 11.2. The zero-order valence-corrected chi connectivity index (χ0v) is 16.0. The van der Waals surface area contributed by atoms with Crippen LogP contribution in [-0.2, 0) is 0 Å². The predicted octanol–water partition coefficient (Wildman–Crippen LogP) is 4.59. The Morgan fingerprint density at radius 3 is 2.66 bits per heavy atom. The van der Waals surface area contributed by atoms with Gasteiger partial charge < -0.3 is 19.9 Å². The maximum Gasteiger partial charge on any atom is 0.433 e. The summed E-state index contributed by atoms with van der Waals surface area (Å²) in [6.45, 7) is 0. The van der Waals surface area contributed by atoms with Gasteiger partial charge in [0.1, 0.15) is 33.6 Å². The second-order valence-corrected chi connectivity index (χ2v) is 6.52. The van der Waals surface area contributed by atoms with Gasteiger partial charge in [-0.3, -0.25) is 10.1 Å². The maximum absolute atomic E-state index is 13.8. The molecule has 0 bridgehead atoms. The zero-order valence-electron chi connectivity index (χ0n) is 16.0. The Hall–Kier alpha value is -4.80. The van der Waals surface area contributed by atoms with Crippen LogP contribution in [0.25, 0.3) is 23.1 Å². The van der Waals surface area contributed by atoms with Gasteiger partial charge in [0.25, 0.3) is 0 Å². The van der Waals surface area contributed by atoms with E-state index in [0.29, 0.717) is 11.1 Å². The molecule has 4 rings (SSSR count). The van der Waals surface area contributed by atoms with E-state index in [-0.39, 0.29) is 28.5 Å². The van der Waals surface area contributed by atoms with Crippen LogP contribution in [-0.4, -0.2) is 31.1 Å². The lowest BCUT2D eigenvalue weighted by atomic mass is 10.1. The fraction of sp³-hybridized carbons (Fsp3) is 0. The van der Waals surface area contributed by atoms with Gasteiger partial charge in [0, 0.05) is 17.1 Å². The Morgan fingerprint density at radius 2 is 1.94 bits per heavy atom. The molecule has 0 saturated carbocycles. The third-order valence-corrected chi connectivity index (χ3v) is 4.36. The van der Waals surface area contributed by atoms with Crippen LogP contribution in [0.2, 0.25) is 0 Å². The molecule has 0 aliphatic rings. The summed E-state index contributed by atoms with van der Waals surface area (Å²) in [6.07, 6.45) is 2.85. The lowest BCUT2D eigenvalue weighted by molar-refractivity contribution is -0.402. The molecule has 0 aliphatic heterocycles. The highest BCUT2D eigenvalue weighted by Gasteiger charge is 2.13. The number of nitrogens with one attached hydrogen (secondary N) is 1. The van der Waals surface area contributed by atoms with Gasteiger partial charge in [-0.15, -0.1) is 0 Å². The molecule has 0 aliphatic carbocycles. The minimum absolute atomic E-state index is 0.141. The highest BCUT2D eigenvalue weighted by Crippen LogP contribution is 2.28. The Morgan fingerprint density at radius 1 is 1.12 bits per heavy atom. The average molecular weight is 436 g/mol. The number of halogens is 1. The second kappa shape index (κ2) is 8.14. The molecule has 3 N–H and O–H groups in total. The Labute approximate surface area is 178 Å². The van der Waals surface area contributed by atoms with Crippen LogP contribution >= 0.6 is 0 Å². The molecule has 0 saturated heterocycles. The molecule has 2 heterocycles. The number of carboxylic acid groups (broad SMARTS) is 1. The molecule has 0 amide bonds. The zero-order chi connectivity index (χ0) is 22.8. The van der Waals surface area contributed by atoms with Gasteiger partial charge in [-0.05, 0) is 48.6 Å². The van der Waals surface area contributed by atoms with Crippen molar-refractivity contribution in [2.24, 2.45) is 0 Å². The number of hydrogen-bond donors (Lipinski definition) is 3. The molecule has 11 heteroatoms. The summed E-state index contributed by atoms with van der Waals surface area (Å²) < 4.78 is 18.8. The van der Waals surface area contributed by atoms with Crippen molar-refractivity contribution in [3.8, 4) is 5.75 Å². The third-order valence-electron chi connectivity index (χ3n) is 4.36. The molecule has 32 heavy (non-hydrogen) atoms. The number of aromatic hydroxyl groups is 1. The maximum atomic E-state index is 13.8. The summed E-state index contributed by atoms with van der Waals surface area (Å²) in [5.41, 5.74) is 0.282. The van der Waals surface area contributed by atoms with Crippen molar-refractivity contribution in [1.82, 2.24) is 9.97 Å². The molecule has 0 fully saturated rings. The quantitative estimate of drug-likeness (QED) is 0.224. The van der Waals surface area contributed by atoms with E-state index < -0.39 is 28.3 Å². The smallest absolute Gasteiger partial charge is 0.433 e. The second-order valence-electron chi connectivity index (χ2n) is 6.52. The van der Waals surface area contributed by atoms with Crippen molar-refractivity contribution in [3.63, 3.8) is 0 Å². The SMILES string of the molecule is O=C(O)c1cc(Nc2nc(/C=C/c3ccc([N+](=O)[O-])o3)nc3cc(F)ccc23)ccc1O. The lowest BCUT2D eigenvalue weighted by Crippen LogP contribution is -2.02. The summed E-state index contributed by atoms with van der Waals surface area (Å²) in [7, 11) is 0. The topological polar surface area (TPSA) is 152 Å². The van der Waals surface area contributed by atoms with E-state index in [1.165, 1.54) is 60.7 Å². The highest BCUT2D eigenvalue weighted by molar-refractivity contribution is 5.94. The van der Waals surface area contributed by atoms with Crippen molar-refractivity contribution in [1.29, 1.82) is 0 Å². The summed E-state index contributed by atoms with van der Waals surface area (Å²) in [4.78, 5) is 30.0. The fourth-order valence-electron chi connectivity index (χ4n) is 2.90. The molecular weight excluding hydrogens is 423 g/mol. The molecule has 0 unspecified atom stereocenters. The highest BCUT2D eigenvalue weighted by atomic mass is 19.1. The van der Waals surface area contributed by atoms with Crippen LogP contribution in [0.4, 0.5) is 21.8 Å². The van der Waals surface area contributed by atoms with E-state index in [9.17, 15) is 29.5 Å². The molecule has 4 aromatic rings. The number of aromatic nitrogens is 2. The molecule has 0 atom stereocenters. The van der Waals surface area contributed by atoms with Gasteiger partial charge in [-0.25, -0.2) is 19.2 Å². The number of nitrogens with zero attached hydrogens (tertiary/aromatic N) is 3. The van der Waals surface area contributed by atoms with E-state index in [1.54, 1.807) is 0 Å². The van der Waals surface area contributed by atoms with Gasteiger partial charge >= 0.3 is 11.9 Å². The van der Waals surface area contributed by atoms with Crippen molar-refractivity contribution in [2.75, 3.05) is 5.32 Å². The molecular formula is C21H13FN4O6. The van der Waals surface area contributed by atoms with Crippen molar-refractivity contribution in [2.45, 2.75) is 0 Å². The van der Waals surface area contributed by atoms with E-state index in [4.69, 9.17) is 4.42 Å². The Kier molecular flexibility index (Phi) is 5.21. The number of nitro groups is 1. The Bertz CT molecular complexity index is 1400. The first-order valence-corrected chi connectivity index (χ1v) is 9.03. The van der Waals surface area contributed by atoms with Crippen LogP contribution < -0.4 is 5.32 Å². The lowest BCUT2D eigenvalue weighted by Gasteiger charge is -2.11. The number of phenols is 1. The van der Waals surface area contributed by atoms with Crippen LogP contribution in [0.3, 0.4) is 0 Å². The molecule has 10 nitrogen and oxygen atoms in total. The minimum Gasteiger partial charge on any atom is -0.507 e. The monoisotopic (exact) mass is 436 g/mol. The van der Waals surface area contributed by atoms with E-state index in [1.807, 2.05) is 0 Å². The predicted molar refractivity (Wildman–Crippen MR) is 112 cm³/mol. The first-order valence-electron chi connectivity index (χ1n) is 9.03. The summed E-state index contributed by atoms with van der Waals surface area (Å²) in [5, 5.41) is 33.0. The standard InChI is InChI=1S/C21H13FN4O6/c22-11-1-5-14-16(9-11)24-18(7-3-13-4-8-19(32-13)26(30)31)25-20(14)23-12-2-6-17(27)15(10-12)21(28)29/h1-10,27H,(H,28,29)(H,23,24,25)/b7-3+. The van der Waals surface area contributed by atoms with E-state index in [2.05, 4.69) is 15.3 Å². The molecule has 0 radical (unpaired) electrons. The summed E-state index contributed by atoms with van der Waals surface area (Å²) >= 11 is 0. The van der Waals surface area contributed by atoms with Gasteiger partial charge in [-0.2, -0.15) is 0 Å². The fourth-order valence-corrected chi connectivity index (χ4v) is 2.90. The number of aromatic carboxylic acids is 1. The van der Waals surface area contributed by atoms with Gasteiger partial charge in [0.15, 0.2) is 5.82 Å². The van der Waals surface area contributed by atoms with Crippen LogP contribution in [0, 0.1) is 15.9 Å².